The number of aliphatic hydroxyl groups excluding tert-OH is 1. The van der Waals surface area contributed by atoms with E-state index in [0.29, 0.717) is 35.3 Å². The van der Waals surface area contributed by atoms with Gasteiger partial charge in [0.15, 0.2) is 0 Å². The number of hydrogen-bond acceptors (Lipinski definition) is 8. The molecule has 1 saturated carbocycles. The zero-order valence-electron chi connectivity index (χ0n) is 20.7. The predicted octanol–water partition coefficient (Wildman–Crippen LogP) is 2.89. The van der Waals surface area contributed by atoms with Crippen molar-refractivity contribution in [1.82, 2.24) is 19.8 Å². The van der Waals surface area contributed by atoms with Crippen LogP contribution in [-0.2, 0) is 16.1 Å². The van der Waals surface area contributed by atoms with Crippen LogP contribution in [0.4, 0.5) is 0 Å². The van der Waals surface area contributed by atoms with E-state index < -0.39 is 6.10 Å². The highest BCUT2D eigenvalue weighted by atomic mass is 32.1. The molecule has 10 heteroatoms. The molecule has 0 bridgehead atoms. The van der Waals surface area contributed by atoms with Gasteiger partial charge in [0.05, 0.1) is 46.0 Å². The number of fused-ring (bicyclic) bond motifs is 2. The van der Waals surface area contributed by atoms with Crippen LogP contribution in [0.5, 0.6) is 0 Å². The lowest BCUT2D eigenvalue weighted by Crippen LogP contribution is -2.35. The number of piperidine rings is 1. The van der Waals surface area contributed by atoms with Gasteiger partial charge in [-0.05, 0) is 37.0 Å². The number of carbonyl (C=O) groups is 3. The van der Waals surface area contributed by atoms with E-state index in [1.165, 1.54) is 16.2 Å². The Morgan fingerprint density at radius 2 is 1.97 bits per heavy atom. The van der Waals surface area contributed by atoms with Crippen molar-refractivity contribution in [3.8, 4) is 17.2 Å². The van der Waals surface area contributed by atoms with Crippen LogP contribution < -0.4 is 0 Å². The molecule has 0 aromatic carbocycles. The number of aliphatic hydroxyl groups is 1. The summed E-state index contributed by atoms with van der Waals surface area (Å²) in [5.74, 6) is -0.933. The maximum Gasteiger partial charge on any atom is 0.256 e. The zero-order chi connectivity index (χ0) is 26.2. The molecule has 3 atom stereocenters. The largest absolute Gasteiger partial charge is 0.391 e. The van der Waals surface area contributed by atoms with Crippen LogP contribution in [0.2, 0.25) is 0 Å². The Morgan fingerprint density at radius 3 is 2.62 bits per heavy atom. The molecule has 1 N–H and O–H groups in total. The summed E-state index contributed by atoms with van der Waals surface area (Å²) in [6.07, 6.45) is 1.61. The normalized spacial score (nSPS) is 24.0. The maximum atomic E-state index is 13.5. The van der Waals surface area contributed by atoms with Gasteiger partial charge in [-0.25, -0.2) is 4.98 Å². The predicted molar refractivity (Wildman–Crippen MR) is 135 cm³/mol. The highest BCUT2D eigenvalue weighted by molar-refractivity contribution is 7.19. The molecule has 3 aromatic rings. The fourth-order valence-electron chi connectivity index (χ4n) is 5.89. The van der Waals surface area contributed by atoms with Crippen LogP contribution in [0.3, 0.4) is 0 Å². The minimum atomic E-state index is -0.556. The second kappa shape index (κ2) is 8.16. The molecule has 9 nitrogen and oxygen atoms in total. The van der Waals surface area contributed by atoms with Crippen molar-refractivity contribution < 1.29 is 19.5 Å². The average Bonchev–Trinajstić information content (AvgIpc) is 3.24. The molecular formula is C27H25N5O4S. The molecule has 2 saturated heterocycles. The molecule has 188 valence electrons. The summed E-state index contributed by atoms with van der Waals surface area (Å²) in [5.41, 5.74) is 2.76. The number of aryl methyl sites for hydroxylation is 1. The summed E-state index contributed by atoms with van der Waals surface area (Å²) in [4.78, 5) is 51.8. The molecule has 3 aromatic heterocycles. The fourth-order valence-corrected chi connectivity index (χ4v) is 7.02. The van der Waals surface area contributed by atoms with Gasteiger partial charge in [-0.3, -0.25) is 24.3 Å². The summed E-state index contributed by atoms with van der Waals surface area (Å²) in [6, 6.07) is 7.37. The number of pyridine rings is 2. The first-order valence-electron chi connectivity index (χ1n) is 12.2. The molecule has 3 aliphatic rings. The first kappa shape index (κ1) is 23.7. The number of hydrogen-bond donors (Lipinski definition) is 1. The molecular weight excluding hydrogens is 490 g/mol. The van der Waals surface area contributed by atoms with Crippen LogP contribution in [0.1, 0.15) is 46.9 Å². The van der Waals surface area contributed by atoms with E-state index in [2.05, 4.69) is 16.0 Å². The summed E-state index contributed by atoms with van der Waals surface area (Å²) >= 11 is 1.42. The van der Waals surface area contributed by atoms with Gasteiger partial charge >= 0.3 is 0 Å². The van der Waals surface area contributed by atoms with E-state index in [4.69, 9.17) is 0 Å². The third-order valence-electron chi connectivity index (χ3n) is 7.94. The minimum Gasteiger partial charge on any atom is -0.391 e. The van der Waals surface area contributed by atoms with Crippen molar-refractivity contribution in [2.45, 2.75) is 39.8 Å². The number of amides is 3. The lowest BCUT2D eigenvalue weighted by molar-refractivity contribution is -0.143. The Kier molecular flexibility index (Phi) is 5.23. The summed E-state index contributed by atoms with van der Waals surface area (Å²) in [6.45, 7) is 6.52. The van der Waals surface area contributed by atoms with Crippen molar-refractivity contribution in [3.63, 3.8) is 0 Å². The second-order valence-electron chi connectivity index (χ2n) is 10.6. The van der Waals surface area contributed by atoms with Crippen LogP contribution in [0.25, 0.3) is 21.3 Å². The minimum absolute atomic E-state index is 0.116. The lowest BCUT2D eigenvalue weighted by atomic mass is 9.97. The van der Waals surface area contributed by atoms with Gasteiger partial charge in [-0.2, -0.15) is 5.26 Å². The second-order valence-corrected chi connectivity index (χ2v) is 11.8. The van der Waals surface area contributed by atoms with Crippen molar-refractivity contribution in [3.05, 3.63) is 46.2 Å². The van der Waals surface area contributed by atoms with Gasteiger partial charge in [0.25, 0.3) is 5.91 Å². The van der Waals surface area contributed by atoms with Gasteiger partial charge in [0.2, 0.25) is 11.8 Å². The molecule has 37 heavy (non-hydrogen) atoms. The first-order valence-corrected chi connectivity index (χ1v) is 13.1. The SMILES string of the molecule is Cc1nc(C#N)cc(-c2ccnc3cc(CN4C(=O)C5C(C4=O)C5(C)C)sc23)c1C(=O)N1CC[C@@H](O)C1. The first-order chi connectivity index (χ1) is 17.6. The number of likely N-dealkylation sites (tertiary alicyclic amines) is 2. The molecule has 3 amide bonds. The van der Waals surface area contributed by atoms with Crippen molar-refractivity contribution >= 4 is 39.3 Å². The lowest BCUT2D eigenvalue weighted by Gasteiger charge is -2.20. The maximum absolute atomic E-state index is 13.5. The third kappa shape index (κ3) is 3.56. The van der Waals surface area contributed by atoms with Crippen molar-refractivity contribution in [1.29, 1.82) is 5.26 Å². The van der Waals surface area contributed by atoms with Gasteiger partial charge < -0.3 is 10.0 Å². The Bertz CT molecular complexity index is 1530. The third-order valence-corrected chi connectivity index (χ3v) is 9.08. The number of rotatable bonds is 4. The van der Waals surface area contributed by atoms with Crippen LogP contribution in [0.15, 0.2) is 24.4 Å². The Balaban J connectivity index is 1.40. The number of nitrogens with zero attached hydrogens (tertiary/aromatic N) is 5. The average molecular weight is 516 g/mol. The Morgan fingerprint density at radius 1 is 1.24 bits per heavy atom. The molecule has 3 fully saturated rings. The summed E-state index contributed by atoms with van der Waals surface area (Å²) < 4.78 is 0.798. The van der Waals surface area contributed by atoms with E-state index in [1.54, 1.807) is 30.2 Å². The molecule has 0 radical (unpaired) electrons. The molecule has 2 aliphatic heterocycles. The highest BCUT2D eigenvalue weighted by Gasteiger charge is 2.72. The van der Waals surface area contributed by atoms with E-state index in [-0.39, 0.29) is 53.8 Å². The molecule has 5 heterocycles. The van der Waals surface area contributed by atoms with Crippen LogP contribution in [-0.4, -0.2) is 61.8 Å². The summed E-state index contributed by atoms with van der Waals surface area (Å²) in [5, 5.41) is 19.5. The highest BCUT2D eigenvalue weighted by Crippen LogP contribution is 2.63. The number of β-amino-alcohol motifs (C(OH)–C–C–N with tert-alkyl or cyclic N) is 1. The smallest absolute Gasteiger partial charge is 0.256 e. The molecule has 6 rings (SSSR count). The van der Waals surface area contributed by atoms with Crippen LogP contribution in [0, 0.1) is 35.5 Å². The van der Waals surface area contributed by atoms with E-state index in [0.717, 1.165) is 15.1 Å². The molecule has 2 unspecified atom stereocenters. The number of carbonyl (C=O) groups excluding carboxylic acids is 3. The quantitative estimate of drug-likeness (QED) is 0.529. The van der Waals surface area contributed by atoms with Crippen molar-refractivity contribution in [2.75, 3.05) is 13.1 Å². The van der Waals surface area contributed by atoms with Gasteiger partial charge in [0, 0.05) is 35.3 Å². The van der Waals surface area contributed by atoms with Gasteiger partial charge in [-0.15, -0.1) is 11.3 Å². The van der Waals surface area contributed by atoms with Crippen LogP contribution >= 0.6 is 11.3 Å². The number of nitriles is 1. The standard InChI is InChI=1S/C27H25N5O4S/c1-13-20(24(34)31-7-5-15(33)11-31)18(8-14(10-28)30-13)17-4-6-29-19-9-16(37-23(17)19)12-32-25(35)21-22(26(32)36)27(21,2)3/h4,6,8-9,15,21-22,33H,5,7,11-12H2,1-3H3/t15-,21?,22?/m1/s1. The Labute approximate surface area is 217 Å². The van der Waals surface area contributed by atoms with Gasteiger partial charge in [0.1, 0.15) is 11.8 Å². The number of imide groups is 1. The zero-order valence-corrected chi connectivity index (χ0v) is 21.5. The summed E-state index contributed by atoms with van der Waals surface area (Å²) in [7, 11) is 0. The fraction of sp³-hybridized carbons (Fsp3) is 0.407. The number of thiophene rings is 1. The van der Waals surface area contributed by atoms with E-state index >= 15 is 0 Å². The van der Waals surface area contributed by atoms with Gasteiger partial charge in [-0.1, -0.05) is 13.8 Å². The Hall–Kier alpha value is -3.68. The van der Waals surface area contributed by atoms with E-state index in [9.17, 15) is 24.8 Å². The number of aromatic nitrogens is 2. The molecule has 0 spiro atoms. The topological polar surface area (TPSA) is 127 Å². The van der Waals surface area contributed by atoms with Crippen molar-refractivity contribution in [2.24, 2.45) is 17.3 Å². The van der Waals surface area contributed by atoms with E-state index in [1.807, 2.05) is 19.9 Å². The monoisotopic (exact) mass is 515 g/mol. The molecule has 1 aliphatic carbocycles.